The Hall–Kier alpha value is -3.77. The molecular formula is C26H23N3O3. The van der Waals surface area contributed by atoms with Crippen molar-refractivity contribution in [1.82, 2.24) is 9.38 Å². The predicted molar refractivity (Wildman–Crippen MR) is 122 cm³/mol. The number of nitrogens with zero attached hydrogens (tertiary/aromatic N) is 2. The summed E-state index contributed by atoms with van der Waals surface area (Å²) in [5, 5.41) is 13.4. The molecule has 2 N–H and O–H groups in total. The highest BCUT2D eigenvalue weighted by molar-refractivity contribution is 6.05. The summed E-state index contributed by atoms with van der Waals surface area (Å²) in [6.07, 6.45) is 3.56. The van der Waals surface area contributed by atoms with Gasteiger partial charge in [0, 0.05) is 29.8 Å². The summed E-state index contributed by atoms with van der Waals surface area (Å²) in [6, 6.07) is 18.7. The molecule has 4 aromatic rings. The van der Waals surface area contributed by atoms with Gasteiger partial charge in [0.25, 0.3) is 5.91 Å². The van der Waals surface area contributed by atoms with Gasteiger partial charge in [-0.05, 0) is 48.2 Å². The Morgan fingerprint density at radius 3 is 2.81 bits per heavy atom. The van der Waals surface area contributed by atoms with Gasteiger partial charge in [-0.3, -0.25) is 14.0 Å². The number of Topliss-reactive ketones (excluding diaryl/α,β-unsaturated/α-hetero) is 1. The van der Waals surface area contributed by atoms with Gasteiger partial charge in [-0.1, -0.05) is 42.5 Å². The largest absolute Gasteiger partial charge is 0.392 e. The Labute approximate surface area is 185 Å². The van der Waals surface area contributed by atoms with Gasteiger partial charge in [0.2, 0.25) is 0 Å². The van der Waals surface area contributed by atoms with Gasteiger partial charge in [-0.2, -0.15) is 0 Å². The Bertz CT molecular complexity index is 1340. The molecule has 1 aliphatic carbocycles. The van der Waals surface area contributed by atoms with Gasteiger partial charge < -0.3 is 10.4 Å². The standard InChI is InChI=1S/C26H23N3O3/c1-16-9-10-18(23(30)14-20-19-7-3-2-6-17(19)13-24(20)31)12-21(16)28-26(32)22-15-27-25-8-4-5-11-29(22)25/h2-12,15,20,24,31H,13-14H2,1H3,(H,28,32)/t20-,24-/m0/s1. The topological polar surface area (TPSA) is 83.7 Å². The third-order valence-electron chi connectivity index (χ3n) is 6.21. The first-order chi connectivity index (χ1) is 15.5. The third kappa shape index (κ3) is 3.59. The van der Waals surface area contributed by atoms with Gasteiger partial charge in [-0.25, -0.2) is 4.98 Å². The number of pyridine rings is 1. The van der Waals surface area contributed by atoms with Crippen LogP contribution in [0.1, 0.15) is 49.9 Å². The third-order valence-corrected chi connectivity index (χ3v) is 6.21. The summed E-state index contributed by atoms with van der Waals surface area (Å²) in [5.74, 6) is -0.566. The van der Waals surface area contributed by atoms with Crippen molar-refractivity contribution < 1.29 is 14.7 Å². The van der Waals surface area contributed by atoms with E-state index in [0.29, 0.717) is 29.0 Å². The highest BCUT2D eigenvalue weighted by atomic mass is 16.3. The number of aromatic nitrogens is 2. The van der Waals surface area contributed by atoms with Crippen molar-refractivity contribution in [2.75, 3.05) is 5.32 Å². The fraction of sp³-hybridized carbons (Fsp3) is 0.192. The van der Waals surface area contributed by atoms with Crippen LogP contribution < -0.4 is 5.32 Å². The maximum absolute atomic E-state index is 13.1. The molecule has 0 saturated heterocycles. The molecule has 1 aliphatic rings. The number of aliphatic hydroxyl groups is 1. The van der Waals surface area contributed by atoms with Gasteiger partial charge >= 0.3 is 0 Å². The minimum atomic E-state index is -0.559. The number of ketones is 1. The molecule has 32 heavy (non-hydrogen) atoms. The van der Waals surface area contributed by atoms with Crippen LogP contribution in [0.15, 0.2) is 73.1 Å². The second kappa shape index (κ2) is 8.05. The van der Waals surface area contributed by atoms with Gasteiger partial charge in [0.05, 0.1) is 12.3 Å². The number of amides is 1. The van der Waals surface area contributed by atoms with E-state index < -0.39 is 6.10 Å². The van der Waals surface area contributed by atoms with Gasteiger partial charge in [0.15, 0.2) is 5.78 Å². The van der Waals surface area contributed by atoms with E-state index in [1.165, 1.54) is 6.20 Å². The molecule has 0 radical (unpaired) electrons. The maximum Gasteiger partial charge on any atom is 0.274 e. The zero-order chi connectivity index (χ0) is 22.2. The summed E-state index contributed by atoms with van der Waals surface area (Å²) >= 11 is 0. The van der Waals surface area contributed by atoms with Crippen LogP contribution in [0.2, 0.25) is 0 Å². The monoisotopic (exact) mass is 425 g/mol. The van der Waals surface area contributed by atoms with Gasteiger partial charge in [0.1, 0.15) is 11.3 Å². The Balaban J connectivity index is 1.37. The van der Waals surface area contributed by atoms with Crippen LogP contribution in [0.5, 0.6) is 0 Å². The smallest absolute Gasteiger partial charge is 0.274 e. The van der Waals surface area contributed by atoms with E-state index in [-0.39, 0.29) is 24.0 Å². The fourth-order valence-electron chi connectivity index (χ4n) is 4.44. The van der Waals surface area contributed by atoms with Crippen LogP contribution in [0.4, 0.5) is 5.69 Å². The fourth-order valence-corrected chi connectivity index (χ4v) is 4.44. The van der Waals surface area contributed by atoms with Crippen molar-refractivity contribution in [1.29, 1.82) is 0 Å². The van der Waals surface area contributed by atoms with E-state index in [1.54, 1.807) is 22.7 Å². The number of rotatable bonds is 5. The summed E-state index contributed by atoms with van der Waals surface area (Å²) in [6.45, 7) is 1.88. The number of hydrogen-bond donors (Lipinski definition) is 2. The molecule has 2 heterocycles. The number of nitrogens with one attached hydrogen (secondary N) is 1. The van der Waals surface area contributed by atoms with Crippen LogP contribution in [0.25, 0.3) is 5.65 Å². The van der Waals surface area contributed by atoms with E-state index >= 15 is 0 Å². The van der Waals surface area contributed by atoms with Crippen LogP contribution in [-0.2, 0) is 6.42 Å². The molecule has 0 saturated carbocycles. The lowest BCUT2D eigenvalue weighted by molar-refractivity contribution is 0.0920. The van der Waals surface area contributed by atoms with Crippen molar-refractivity contribution in [3.63, 3.8) is 0 Å². The molecule has 0 spiro atoms. The van der Waals surface area contributed by atoms with Crippen LogP contribution in [0, 0.1) is 6.92 Å². The molecule has 0 bridgehead atoms. The van der Waals surface area contributed by atoms with Crippen LogP contribution in [0.3, 0.4) is 0 Å². The molecule has 6 nitrogen and oxygen atoms in total. The number of fused-ring (bicyclic) bond motifs is 2. The molecule has 5 rings (SSSR count). The Kier molecular flexibility index (Phi) is 5.07. The predicted octanol–water partition coefficient (Wildman–Crippen LogP) is 4.17. The highest BCUT2D eigenvalue weighted by Gasteiger charge is 2.32. The highest BCUT2D eigenvalue weighted by Crippen LogP contribution is 2.36. The summed E-state index contributed by atoms with van der Waals surface area (Å²) in [5.41, 5.74) is 5.20. The molecule has 2 aromatic heterocycles. The number of carbonyl (C=O) groups is 2. The van der Waals surface area contributed by atoms with Crippen LogP contribution in [-0.4, -0.2) is 32.3 Å². The number of anilines is 1. The van der Waals surface area contributed by atoms with E-state index in [4.69, 9.17) is 0 Å². The first-order valence-electron chi connectivity index (χ1n) is 10.6. The van der Waals surface area contributed by atoms with Crippen molar-refractivity contribution in [3.05, 3.63) is 101 Å². The average molecular weight is 425 g/mol. The first kappa shape index (κ1) is 20.2. The molecule has 2 aromatic carbocycles. The summed E-state index contributed by atoms with van der Waals surface area (Å²) in [7, 11) is 0. The lowest BCUT2D eigenvalue weighted by Crippen LogP contribution is -2.18. The van der Waals surface area contributed by atoms with Crippen molar-refractivity contribution >= 4 is 23.0 Å². The van der Waals surface area contributed by atoms with E-state index in [9.17, 15) is 14.7 Å². The van der Waals surface area contributed by atoms with E-state index in [1.807, 2.05) is 55.5 Å². The molecule has 0 aliphatic heterocycles. The molecule has 0 unspecified atom stereocenters. The molecule has 0 fully saturated rings. The number of benzene rings is 2. The zero-order valence-corrected chi connectivity index (χ0v) is 17.7. The number of carbonyl (C=O) groups excluding carboxylic acids is 2. The Morgan fingerprint density at radius 2 is 1.94 bits per heavy atom. The SMILES string of the molecule is Cc1ccc(C(=O)C[C@H]2c3ccccc3C[C@@H]2O)cc1NC(=O)c1cnc2ccccn12. The Morgan fingerprint density at radius 1 is 1.12 bits per heavy atom. The van der Waals surface area contributed by atoms with E-state index in [2.05, 4.69) is 10.3 Å². The number of imidazole rings is 1. The molecule has 2 atom stereocenters. The van der Waals surface area contributed by atoms with Crippen molar-refractivity contribution in [2.24, 2.45) is 0 Å². The second-order valence-corrected chi connectivity index (χ2v) is 8.26. The average Bonchev–Trinajstić information content (AvgIpc) is 3.36. The van der Waals surface area contributed by atoms with Gasteiger partial charge in [-0.15, -0.1) is 0 Å². The number of aryl methyl sites for hydroxylation is 1. The number of aliphatic hydroxyl groups excluding tert-OH is 1. The van der Waals surface area contributed by atoms with Crippen LogP contribution >= 0.6 is 0 Å². The van der Waals surface area contributed by atoms with E-state index in [0.717, 1.165) is 16.7 Å². The molecule has 6 heteroatoms. The second-order valence-electron chi connectivity index (χ2n) is 8.26. The quantitative estimate of drug-likeness (QED) is 0.470. The number of hydrogen-bond acceptors (Lipinski definition) is 4. The summed E-state index contributed by atoms with van der Waals surface area (Å²) < 4.78 is 1.72. The maximum atomic E-state index is 13.1. The molecule has 160 valence electrons. The first-order valence-corrected chi connectivity index (χ1v) is 10.6. The minimum absolute atomic E-state index is 0.0592. The van der Waals surface area contributed by atoms with Crippen molar-refractivity contribution in [2.45, 2.75) is 31.8 Å². The normalized spacial score (nSPS) is 17.3. The minimum Gasteiger partial charge on any atom is -0.392 e. The lowest BCUT2D eigenvalue weighted by atomic mass is 9.91. The summed E-state index contributed by atoms with van der Waals surface area (Å²) in [4.78, 5) is 30.2. The zero-order valence-electron chi connectivity index (χ0n) is 17.7. The lowest BCUT2D eigenvalue weighted by Gasteiger charge is -2.16. The van der Waals surface area contributed by atoms with Crippen molar-refractivity contribution in [3.8, 4) is 0 Å². The molecular weight excluding hydrogens is 402 g/mol. The molecule has 1 amide bonds.